The first-order chi connectivity index (χ1) is 12.6. The summed E-state index contributed by atoms with van der Waals surface area (Å²) in [5.41, 5.74) is 1.96. The van der Waals surface area contributed by atoms with Crippen molar-refractivity contribution in [3.8, 4) is 11.3 Å². The first kappa shape index (κ1) is 17.8. The van der Waals surface area contributed by atoms with Crippen molar-refractivity contribution in [3.05, 3.63) is 81.9 Å². The Morgan fingerprint density at radius 3 is 2.77 bits per heavy atom. The predicted octanol–water partition coefficient (Wildman–Crippen LogP) is 2.67. The van der Waals surface area contributed by atoms with Crippen molar-refractivity contribution in [1.82, 2.24) is 20.1 Å². The van der Waals surface area contributed by atoms with Crippen LogP contribution in [0.4, 0.5) is 0 Å². The zero-order valence-electron chi connectivity index (χ0n) is 13.9. The molecule has 0 saturated heterocycles. The monoisotopic (exact) mass is 368 g/mol. The number of pyridine rings is 1. The fourth-order valence-electron chi connectivity index (χ4n) is 2.40. The molecular formula is C19H17ClN4O2. The maximum absolute atomic E-state index is 12.0. The van der Waals surface area contributed by atoms with Crippen LogP contribution in [0.2, 0.25) is 5.02 Å². The smallest absolute Gasteiger partial charge is 0.266 e. The van der Waals surface area contributed by atoms with Gasteiger partial charge in [-0.25, -0.2) is 4.68 Å². The van der Waals surface area contributed by atoms with E-state index in [1.807, 2.05) is 30.3 Å². The van der Waals surface area contributed by atoms with E-state index in [2.05, 4.69) is 15.4 Å². The van der Waals surface area contributed by atoms with Crippen LogP contribution in [0.1, 0.15) is 12.1 Å². The minimum Gasteiger partial charge on any atom is -0.350 e. The van der Waals surface area contributed by atoms with E-state index in [0.29, 0.717) is 17.3 Å². The Kier molecular flexibility index (Phi) is 5.76. The lowest BCUT2D eigenvalue weighted by Crippen LogP contribution is -2.28. The fourth-order valence-corrected chi connectivity index (χ4v) is 2.59. The molecule has 0 bridgehead atoms. The number of carbonyl (C=O) groups is 1. The van der Waals surface area contributed by atoms with Crippen molar-refractivity contribution in [2.45, 2.75) is 19.5 Å². The molecule has 0 aliphatic heterocycles. The van der Waals surface area contributed by atoms with Gasteiger partial charge in [-0.05, 0) is 30.3 Å². The second kappa shape index (κ2) is 8.40. The van der Waals surface area contributed by atoms with Gasteiger partial charge in [0.05, 0.1) is 24.5 Å². The molecule has 0 fully saturated rings. The third kappa shape index (κ3) is 4.77. The third-order valence-corrected chi connectivity index (χ3v) is 3.97. The summed E-state index contributed by atoms with van der Waals surface area (Å²) in [7, 11) is 0. The number of aryl methyl sites for hydroxylation is 1. The number of carbonyl (C=O) groups excluding carboxylic acids is 1. The summed E-state index contributed by atoms with van der Waals surface area (Å²) in [6.45, 7) is 0.547. The highest BCUT2D eigenvalue weighted by atomic mass is 35.5. The lowest BCUT2D eigenvalue weighted by atomic mass is 10.1. The van der Waals surface area contributed by atoms with Crippen LogP contribution >= 0.6 is 11.6 Å². The average Bonchev–Trinajstić information content (AvgIpc) is 2.66. The highest BCUT2D eigenvalue weighted by Gasteiger charge is 2.07. The van der Waals surface area contributed by atoms with Gasteiger partial charge < -0.3 is 5.32 Å². The highest BCUT2D eigenvalue weighted by molar-refractivity contribution is 6.30. The molecule has 0 aliphatic carbocycles. The van der Waals surface area contributed by atoms with Crippen LogP contribution in [0, 0.1) is 0 Å². The molecule has 0 spiro atoms. The summed E-state index contributed by atoms with van der Waals surface area (Å²) in [6, 6.07) is 15.8. The molecule has 132 valence electrons. The number of nitrogens with zero attached hydrogens (tertiary/aromatic N) is 3. The number of hydrogen-bond acceptors (Lipinski definition) is 4. The van der Waals surface area contributed by atoms with Gasteiger partial charge in [0, 0.05) is 29.3 Å². The van der Waals surface area contributed by atoms with Crippen molar-refractivity contribution in [2.24, 2.45) is 0 Å². The molecule has 0 radical (unpaired) electrons. The lowest BCUT2D eigenvalue weighted by molar-refractivity contribution is -0.121. The van der Waals surface area contributed by atoms with Crippen molar-refractivity contribution < 1.29 is 4.79 Å². The SMILES string of the molecule is O=C(CCn1nc(-c2cccc(Cl)c2)ccc1=O)NCc1ccccn1. The fraction of sp³-hybridized carbons (Fsp3) is 0.158. The molecule has 2 aromatic heterocycles. The van der Waals surface area contributed by atoms with Gasteiger partial charge in [-0.1, -0.05) is 29.8 Å². The Morgan fingerprint density at radius 2 is 2.00 bits per heavy atom. The molecule has 2 heterocycles. The average molecular weight is 369 g/mol. The van der Waals surface area contributed by atoms with E-state index < -0.39 is 0 Å². The Balaban J connectivity index is 1.63. The van der Waals surface area contributed by atoms with Gasteiger partial charge in [-0.3, -0.25) is 14.6 Å². The molecule has 3 aromatic rings. The molecule has 0 saturated carbocycles. The van der Waals surface area contributed by atoms with E-state index in [9.17, 15) is 9.59 Å². The Hall–Kier alpha value is -2.99. The van der Waals surface area contributed by atoms with Crippen LogP contribution in [0.3, 0.4) is 0 Å². The van der Waals surface area contributed by atoms with Gasteiger partial charge in [-0.15, -0.1) is 0 Å². The van der Waals surface area contributed by atoms with Crippen molar-refractivity contribution in [3.63, 3.8) is 0 Å². The number of hydrogen-bond donors (Lipinski definition) is 1. The van der Waals surface area contributed by atoms with Crippen LogP contribution in [-0.4, -0.2) is 20.7 Å². The first-order valence-corrected chi connectivity index (χ1v) is 8.50. The van der Waals surface area contributed by atoms with Gasteiger partial charge in [0.25, 0.3) is 5.56 Å². The van der Waals surface area contributed by atoms with Crippen LogP contribution in [0.5, 0.6) is 0 Å². The van der Waals surface area contributed by atoms with Crippen LogP contribution in [-0.2, 0) is 17.9 Å². The van der Waals surface area contributed by atoms with E-state index in [4.69, 9.17) is 11.6 Å². The highest BCUT2D eigenvalue weighted by Crippen LogP contribution is 2.19. The quantitative estimate of drug-likeness (QED) is 0.725. The molecule has 1 aromatic carbocycles. The predicted molar refractivity (Wildman–Crippen MR) is 99.6 cm³/mol. The molecule has 0 atom stereocenters. The Morgan fingerprint density at radius 1 is 1.12 bits per heavy atom. The minimum absolute atomic E-state index is 0.152. The molecule has 6 nitrogen and oxygen atoms in total. The molecule has 7 heteroatoms. The maximum Gasteiger partial charge on any atom is 0.266 e. The summed E-state index contributed by atoms with van der Waals surface area (Å²) >= 11 is 6.00. The molecule has 0 aliphatic rings. The van der Waals surface area contributed by atoms with Gasteiger partial charge in [0.2, 0.25) is 5.91 Å². The van der Waals surface area contributed by atoms with Crippen molar-refractivity contribution in [1.29, 1.82) is 0 Å². The van der Waals surface area contributed by atoms with Gasteiger partial charge >= 0.3 is 0 Å². The normalized spacial score (nSPS) is 10.5. The van der Waals surface area contributed by atoms with Crippen molar-refractivity contribution in [2.75, 3.05) is 0 Å². The van der Waals surface area contributed by atoms with Gasteiger partial charge in [0.15, 0.2) is 0 Å². The summed E-state index contributed by atoms with van der Waals surface area (Å²) in [5.74, 6) is -0.169. The second-order valence-corrected chi connectivity index (χ2v) is 6.07. The Bertz CT molecular complexity index is 957. The largest absolute Gasteiger partial charge is 0.350 e. The third-order valence-electron chi connectivity index (χ3n) is 3.73. The molecule has 26 heavy (non-hydrogen) atoms. The second-order valence-electron chi connectivity index (χ2n) is 5.64. The number of nitrogens with one attached hydrogen (secondary N) is 1. The number of halogens is 1. The molecular weight excluding hydrogens is 352 g/mol. The zero-order chi connectivity index (χ0) is 18.4. The summed E-state index contributed by atoms with van der Waals surface area (Å²) < 4.78 is 1.29. The van der Waals surface area contributed by atoms with E-state index >= 15 is 0 Å². The minimum atomic E-state index is -0.256. The summed E-state index contributed by atoms with van der Waals surface area (Å²) in [5, 5.41) is 7.70. The Labute approximate surface area is 155 Å². The standard InChI is InChI=1S/C19H17ClN4O2/c20-15-5-3-4-14(12-15)17-7-8-19(26)24(23-17)11-9-18(25)22-13-16-6-1-2-10-21-16/h1-8,10,12H,9,11,13H2,(H,22,25). The first-order valence-electron chi connectivity index (χ1n) is 8.12. The topological polar surface area (TPSA) is 76.9 Å². The molecule has 1 N–H and O–H groups in total. The van der Waals surface area contributed by atoms with E-state index in [-0.39, 0.29) is 24.4 Å². The van der Waals surface area contributed by atoms with E-state index in [1.54, 1.807) is 24.4 Å². The van der Waals surface area contributed by atoms with E-state index in [1.165, 1.54) is 10.7 Å². The number of amides is 1. The zero-order valence-corrected chi connectivity index (χ0v) is 14.7. The van der Waals surface area contributed by atoms with Crippen LogP contribution in [0.25, 0.3) is 11.3 Å². The number of benzene rings is 1. The lowest BCUT2D eigenvalue weighted by Gasteiger charge is -2.08. The van der Waals surface area contributed by atoms with Crippen LogP contribution in [0.15, 0.2) is 65.6 Å². The summed E-state index contributed by atoms with van der Waals surface area (Å²) in [4.78, 5) is 28.1. The van der Waals surface area contributed by atoms with E-state index in [0.717, 1.165) is 11.3 Å². The van der Waals surface area contributed by atoms with Crippen LogP contribution < -0.4 is 10.9 Å². The summed E-state index contributed by atoms with van der Waals surface area (Å²) in [6.07, 6.45) is 1.82. The van der Waals surface area contributed by atoms with Gasteiger partial charge in [-0.2, -0.15) is 5.10 Å². The molecule has 3 rings (SSSR count). The van der Waals surface area contributed by atoms with Gasteiger partial charge in [0.1, 0.15) is 0 Å². The number of aromatic nitrogens is 3. The molecule has 1 amide bonds. The number of rotatable bonds is 6. The van der Waals surface area contributed by atoms with Crippen molar-refractivity contribution >= 4 is 17.5 Å². The maximum atomic E-state index is 12.0. The molecule has 0 unspecified atom stereocenters.